The number of hydrogen-bond acceptors (Lipinski definition) is 1. The molecule has 0 fully saturated rings. The Kier molecular flexibility index (Phi) is 5.88. The van der Waals surface area contributed by atoms with E-state index in [2.05, 4.69) is 10.7 Å². The van der Waals surface area contributed by atoms with Gasteiger partial charge in [0.25, 0.3) is 0 Å². The highest BCUT2D eigenvalue weighted by atomic mass is 16.1. The van der Waals surface area contributed by atoms with Gasteiger partial charge in [-0.2, -0.15) is 4.79 Å². The van der Waals surface area contributed by atoms with Crippen LogP contribution < -0.4 is 0 Å². The summed E-state index contributed by atoms with van der Waals surface area (Å²) in [7, 11) is 0. The van der Waals surface area contributed by atoms with Crippen molar-refractivity contribution in [3.8, 4) is 12.3 Å². The van der Waals surface area contributed by atoms with E-state index in [1.165, 1.54) is 0 Å². The van der Waals surface area contributed by atoms with Gasteiger partial charge in [-0.25, -0.2) is 0 Å². The second kappa shape index (κ2) is 6.73. The van der Waals surface area contributed by atoms with E-state index in [0.29, 0.717) is 12.8 Å². The molecule has 0 aromatic rings. The summed E-state index contributed by atoms with van der Waals surface area (Å²) < 4.78 is 0. The molecule has 3 nitrogen and oxygen atoms in total. The number of nitrogens with zero attached hydrogens (tertiary/aromatic N) is 2. The Morgan fingerprint density at radius 2 is 2.36 bits per heavy atom. The molecule has 0 saturated carbocycles. The molecule has 0 amide bonds. The summed E-state index contributed by atoms with van der Waals surface area (Å²) in [4.78, 5) is 13.3. The van der Waals surface area contributed by atoms with Gasteiger partial charge in [0.05, 0.1) is 0 Å². The second-order valence-corrected chi connectivity index (χ2v) is 2.12. The summed E-state index contributed by atoms with van der Waals surface area (Å²) in [6.45, 7) is 0. The molecule has 11 heavy (non-hydrogen) atoms. The first kappa shape index (κ1) is 9.61. The Balaban J connectivity index is 3.33. The Hall–Kier alpha value is -1.39. The van der Waals surface area contributed by atoms with Crippen molar-refractivity contribution in [3.05, 3.63) is 5.53 Å². The normalized spacial score (nSPS) is 7.91. The van der Waals surface area contributed by atoms with Crippen molar-refractivity contribution in [1.29, 1.82) is 0 Å². The van der Waals surface area contributed by atoms with Crippen LogP contribution in [0.1, 0.15) is 25.7 Å². The predicted octanol–water partition coefficient (Wildman–Crippen LogP) is 1.05. The van der Waals surface area contributed by atoms with Crippen molar-refractivity contribution < 1.29 is 9.58 Å². The average molecular weight is 150 g/mol. The minimum atomic E-state index is -0.162. The van der Waals surface area contributed by atoms with Crippen LogP contribution in [-0.4, -0.2) is 16.8 Å². The second-order valence-electron chi connectivity index (χ2n) is 2.12. The quantitative estimate of drug-likeness (QED) is 0.190. The van der Waals surface area contributed by atoms with Crippen molar-refractivity contribution in [2.24, 2.45) is 0 Å². The number of rotatable bonds is 5. The fourth-order valence-corrected chi connectivity index (χ4v) is 0.655. The maximum Gasteiger partial charge on any atom is 0.323 e. The van der Waals surface area contributed by atoms with E-state index in [1.807, 2.05) is 0 Å². The lowest BCUT2D eigenvalue weighted by Crippen LogP contribution is -1.98. The average Bonchev–Trinajstić information content (AvgIpc) is 1.99. The summed E-state index contributed by atoms with van der Waals surface area (Å²) in [5, 5.41) is 0. The van der Waals surface area contributed by atoms with Gasteiger partial charge >= 0.3 is 6.21 Å². The molecule has 3 heteroatoms. The minimum Gasteiger partial charge on any atom is -0.361 e. The molecule has 0 aliphatic rings. The van der Waals surface area contributed by atoms with Crippen LogP contribution in [0.5, 0.6) is 0 Å². The third-order valence-electron chi connectivity index (χ3n) is 1.20. The number of carbonyl (C=O) groups is 1. The van der Waals surface area contributed by atoms with Crippen molar-refractivity contribution in [3.63, 3.8) is 0 Å². The van der Waals surface area contributed by atoms with Gasteiger partial charge in [0.2, 0.25) is 5.78 Å². The zero-order chi connectivity index (χ0) is 8.53. The van der Waals surface area contributed by atoms with Crippen LogP contribution in [0.25, 0.3) is 5.53 Å². The summed E-state index contributed by atoms with van der Waals surface area (Å²) in [6, 6.07) is 0. The van der Waals surface area contributed by atoms with E-state index in [1.54, 1.807) is 0 Å². The number of unbranched alkanes of at least 4 members (excludes halogenated alkanes) is 2. The van der Waals surface area contributed by atoms with Crippen molar-refractivity contribution in [2.75, 3.05) is 0 Å². The molecule has 0 atom stereocenters. The first-order valence-electron chi connectivity index (χ1n) is 3.45. The van der Waals surface area contributed by atoms with Crippen LogP contribution >= 0.6 is 0 Å². The van der Waals surface area contributed by atoms with Crippen LogP contribution in [0.15, 0.2) is 0 Å². The Bertz CT molecular complexity index is 209. The van der Waals surface area contributed by atoms with E-state index in [-0.39, 0.29) is 5.78 Å². The van der Waals surface area contributed by atoms with Gasteiger partial charge in [-0.3, -0.25) is 4.79 Å². The lowest BCUT2D eigenvalue weighted by molar-refractivity contribution is -0.116. The molecule has 0 radical (unpaired) electrons. The van der Waals surface area contributed by atoms with Crippen LogP contribution in [-0.2, 0) is 4.79 Å². The number of hydrogen-bond donors (Lipinski definition) is 0. The molecule has 0 unspecified atom stereocenters. The highest BCUT2D eigenvalue weighted by Crippen LogP contribution is 1.97. The fourth-order valence-electron chi connectivity index (χ4n) is 0.655. The maximum absolute atomic E-state index is 10.6. The SMILES string of the molecule is C#CCCCCC(=O)C=[N+]=[N-]. The summed E-state index contributed by atoms with van der Waals surface area (Å²) >= 11 is 0. The molecule has 0 aromatic carbocycles. The van der Waals surface area contributed by atoms with Gasteiger partial charge in [-0.1, -0.05) is 0 Å². The van der Waals surface area contributed by atoms with Gasteiger partial charge in [0.15, 0.2) is 0 Å². The Labute approximate surface area is 66.0 Å². The molecule has 0 aliphatic carbocycles. The zero-order valence-electron chi connectivity index (χ0n) is 6.29. The third-order valence-corrected chi connectivity index (χ3v) is 1.20. The van der Waals surface area contributed by atoms with Gasteiger partial charge < -0.3 is 5.53 Å². The number of terminal acetylenes is 1. The van der Waals surface area contributed by atoms with Crippen LogP contribution in [0, 0.1) is 12.3 Å². The van der Waals surface area contributed by atoms with E-state index in [9.17, 15) is 4.79 Å². The molecule has 0 aromatic heterocycles. The molecule has 0 rings (SSSR count). The topological polar surface area (TPSA) is 53.5 Å². The highest BCUT2D eigenvalue weighted by Gasteiger charge is 2.00. The predicted molar refractivity (Wildman–Crippen MR) is 42.0 cm³/mol. The Morgan fingerprint density at radius 3 is 2.91 bits per heavy atom. The molecular formula is C8H10N2O. The Morgan fingerprint density at radius 1 is 1.64 bits per heavy atom. The molecule has 0 aliphatic heterocycles. The fraction of sp³-hybridized carbons (Fsp3) is 0.500. The molecule has 0 saturated heterocycles. The lowest BCUT2D eigenvalue weighted by atomic mass is 10.1. The summed E-state index contributed by atoms with van der Waals surface area (Å²) in [6.07, 6.45) is 8.63. The molecule has 58 valence electrons. The minimum absolute atomic E-state index is 0.162. The van der Waals surface area contributed by atoms with Crippen molar-refractivity contribution >= 4 is 12.0 Å². The van der Waals surface area contributed by atoms with Crippen LogP contribution in [0.2, 0.25) is 0 Å². The first-order chi connectivity index (χ1) is 5.31. The van der Waals surface area contributed by atoms with E-state index in [0.717, 1.165) is 19.1 Å². The van der Waals surface area contributed by atoms with Gasteiger partial charge in [0, 0.05) is 12.8 Å². The first-order valence-corrected chi connectivity index (χ1v) is 3.45. The largest absolute Gasteiger partial charge is 0.361 e. The van der Waals surface area contributed by atoms with Gasteiger partial charge in [-0.15, -0.1) is 12.3 Å². The van der Waals surface area contributed by atoms with Crippen molar-refractivity contribution in [2.45, 2.75) is 25.7 Å². The van der Waals surface area contributed by atoms with Crippen LogP contribution in [0.4, 0.5) is 0 Å². The molecule has 0 spiro atoms. The molecule has 0 bridgehead atoms. The van der Waals surface area contributed by atoms with Gasteiger partial charge in [-0.05, 0) is 12.8 Å². The molecular weight excluding hydrogens is 140 g/mol. The summed E-state index contributed by atoms with van der Waals surface area (Å²) in [5.74, 6) is 2.32. The standard InChI is InChI=1S/C8H10N2O/c1-2-3-4-5-6-8(11)7-10-9/h1,7H,3-6H2. The van der Waals surface area contributed by atoms with E-state index >= 15 is 0 Å². The lowest BCUT2D eigenvalue weighted by Gasteiger charge is -1.89. The monoisotopic (exact) mass is 150 g/mol. The number of carbonyl (C=O) groups excluding carboxylic acids is 1. The highest BCUT2D eigenvalue weighted by molar-refractivity contribution is 6.25. The number of ketones is 1. The zero-order valence-corrected chi connectivity index (χ0v) is 6.29. The van der Waals surface area contributed by atoms with E-state index in [4.69, 9.17) is 12.0 Å². The van der Waals surface area contributed by atoms with Gasteiger partial charge in [0.1, 0.15) is 0 Å². The number of Topliss-reactive ketones (excluding diaryl/α,β-unsaturated/α-hetero) is 1. The van der Waals surface area contributed by atoms with Crippen LogP contribution in [0.3, 0.4) is 0 Å². The molecule has 0 heterocycles. The third kappa shape index (κ3) is 6.50. The maximum atomic E-state index is 10.6. The smallest absolute Gasteiger partial charge is 0.323 e. The summed E-state index contributed by atoms with van der Waals surface area (Å²) in [5.41, 5.74) is 7.96. The van der Waals surface area contributed by atoms with E-state index < -0.39 is 0 Å². The van der Waals surface area contributed by atoms with Crippen molar-refractivity contribution in [1.82, 2.24) is 0 Å². The molecule has 0 N–H and O–H groups in total.